The predicted molar refractivity (Wildman–Crippen MR) is 229 cm³/mol. The van der Waals surface area contributed by atoms with Crippen LogP contribution in [-0.2, 0) is 41.7 Å². The molecule has 3 heterocycles. The van der Waals surface area contributed by atoms with E-state index in [1.807, 2.05) is 39.5 Å². The summed E-state index contributed by atoms with van der Waals surface area (Å²) < 4.78 is 19.4. The number of aliphatic carboxylic acids is 2. The first-order chi connectivity index (χ1) is 28.1. The summed E-state index contributed by atoms with van der Waals surface area (Å²) in [5.41, 5.74) is 3.68. The number of fused-ring (bicyclic) bond motifs is 3. The molecule has 3 N–H and O–H groups in total. The minimum atomic E-state index is -1.58. The maximum atomic E-state index is 14.5. The van der Waals surface area contributed by atoms with Crippen molar-refractivity contribution in [2.45, 2.75) is 183 Å². The third-order valence-electron chi connectivity index (χ3n) is 14.3. The Kier molecular flexibility index (Phi) is 14.2. The molecule has 2 saturated heterocycles. The smallest absolute Gasteiger partial charge is 0.356 e. The number of carbonyl (C=O) groups excluding carboxylic acids is 3. The fourth-order valence-electron chi connectivity index (χ4n) is 9.64. The van der Waals surface area contributed by atoms with E-state index in [9.17, 15) is 34.2 Å². The van der Waals surface area contributed by atoms with Crippen LogP contribution in [0.4, 0.5) is 0 Å². The van der Waals surface area contributed by atoms with E-state index in [2.05, 4.69) is 58.2 Å². The van der Waals surface area contributed by atoms with Crippen molar-refractivity contribution < 1.29 is 48.4 Å². The van der Waals surface area contributed by atoms with Gasteiger partial charge in [0.2, 0.25) is 11.5 Å². The molecule has 12 nitrogen and oxygen atoms in total. The molecule has 5 atom stereocenters. The molecular weight excluding hydrogens is 765 g/mol. The van der Waals surface area contributed by atoms with E-state index in [0.29, 0.717) is 61.9 Å². The number of benzene rings is 1. The molecule has 5 rings (SSSR count). The monoisotopic (exact) mass is 832 g/mol. The Bertz CT molecular complexity index is 1970. The summed E-state index contributed by atoms with van der Waals surface area (Å²) in [5, 5.41) is 21.4. The van der Waals surface area contributed by atoms with Crippen molar-refractivity contribution in [3.8, 4) is 11.5 Å². The van der Waals surface area contributed by atoms with Crippen LogP contribution in [0.15, 0.2) is 34.9 Å². The molecule has 3 fully saturated rings. The summed E-state index contributed by atoms with van der Waals surface area (Å²) in [6.45, 7) is 21.0. The second-order valence-corrected chi connectivity index (χ2v) is 19.1. The van der Waals surface area contributed by atoms with Crippen molar-refractivity contribution in [2.75, 3.05) is 6.54 Å². The molecule has 1 aliphatic carbocycles. The summed E-state index contributed by atoms with van der Waals surface area (Å²) >= 11 is 0. The first-order valence-electron chi connectivity index (χ1n) is 21.8. The Labute approximate surface area is 356 Å². The van der Waals surface area contributed by atoms with E-state index in [1.54, 1.807) is 0 Å². The van der Waals surface area contributed by atoms with E-state index in [-0.39, 0.29) is 6.54 Å². The molecule has 1 amide bonds. The van der Waals surface area contributed by atoms with Crippen molar-refractivity contribution in [1.29, 1.82) is 0 Å². The number of carboxylic acid groups (broad SMARTS) is 2. The number of hydrogen-bond donors (Lipinski definition) is 3. The summed E-state index contributed by atoms with van der Waals surface area (Å²) in [4.78, 5) is 66.4. The number of hydrogen-bond acceptors (Lipinski definition) is 9. The average Bonchev–Trinajstić information content (AvgIpc) is 3.75. The molecular formula is C48H68N2O10. The molecule has 2 bridgehead atoms. The lowest BCUT2D eigenvalue weighted by Gasteiger charge is -2.39. The van der Waals surface area contributed by atoms with Crippen molar-refractivity contribution in [3.63, 3.8) is 0 Å². The van der Waals surface area contributed by atoms with E-state index < -0.39 is 70.3 Å². The lowest BCUT2D eigenvalue weighted by atomic mass is 9.66. The van der Waals surface area contributed by atoms with Crippen LogP contribution in [-0.4, -0.2) is 74.7 Å². The van der Waals surface area contributed by atoms with Gasteiger partial charge in [-0.25, -0.2) is 9.59 Å². The highest BCUT2D eigenvalue weighted by Crippen LogP contribution is 2.66. The zero-order chi connectivity index (χ0) is 44.4. The molecule has 0 spiro atoms. The summed E-state index contributed by atoms with van der Waals surface area (Å²) in [6, 6.07) is -2.32. The normalized spacial score (nSPS) is 26.5. The number of carboxylic acids is 2. The van der Waals surface area contributed by atoms with Gasteiger partial charge in [-0.15, -0.1) is 0 Å². The first-order valence-corrected chi connectivity index (χ1v) is 21.8. The summed E-state index contributed by atoms with van der Waals surface area (Å²) in [5.74, 6) is -3.28. The molecule has 60 heavy (non-hydrogen) atoms. The maximum Gasteiger partial charge on any atom is 0.356 e. The minimum Gasteiger partial charge on any atom is -0.487 e. The predicted octanol–water partition coefficient (Wildman–Crippen LogP) is 8.62. The topological polar surface area (TPSA) is 169 Å². The van der Waals surface area contributed by atoms with Crippen LogP contribution < -0.4 is 14.8 Å². The van der Waals surface area contributed by atoms with Crippen LogP contribution in [0.25, 0.3) is 0 Å². The first kappa shape index (κ1) is 46.6. The van der Waals surface area contributed by atoms with E-state index in [4.69, 9.17) is 14.2 Å². The van der Waals surface area contributed by atoms with E-state index >= 15 is 0 Å². The van der Waals surface area contributed by atoms with Gasteiger partial charge in [-0.1, -0.05) is 48.8 Å². The summed E-state index contributed by atoms with van der Waals surface area (Å²) in [7, 11) is 0. The van der Waals surface area contributed by atoms with Gasteiger partial charge in [0, 0.05) is 23.1 Å². The average molecular weight is 833 g/mol. The second-order valence-electron chi connectivity index (χ2n) is 19.1. The quantitative estimate of drug-likeness (QED) is 0.0736. The third-order valence-corrected chi connectivity index (χ3v) is 14.3. The lowest BCUT2D eigenvalue weighted by Crippen LogP contribution is -2.50. The maximum absolute atomic E-state index is 14.5. The highest BCUT2D eigenvalue weighted by Gasteiger charge is 2.76. The molecule has 3 aliphatic heterocycles. The highest BCUT2D eigenvalue weighted by atomic mass is 16.6. The molecule has 330 valence electrons. The molecule has 1 aromatic rings. The van der Waals surface area contributed by atoms with E-state index in [0.717, 1.165) is 55.4 Å². The summed E-state index contributed by atoms with van der Waals surface area (Å²) in [6.07, 6.45) is 15.3. The highest BCUT2D eigenvalue weighted by molar-refractivity contribution is 5.95. The van der Waals surface area contributed by atoms with Crippen LogP contribution in [0.2, 0.25) is 0 Å². The Hall–Kier alpha value is -4.45. The van der Waals surface area contributed by atoms with Crippen LogP contribution in [0.1, 0.15) is 155 Å². The Morgan fingerprint density at radius 3 is 2.13 bits per heavy atom. The van der Waals surface area contributed by atoms with Gasteiger partial charge in [-0.05, 0) is 150 Å². The van der Waals surface area contributed by atoms with Crippen LogP contribution in [0.5, 0.6) is 11.5 Å². The molecule has 0 radical (unpaired) electrons. The number of nitrogens with one attached hydrogen (secondary N) is 1. The zero-order valence-corrected chi connectivity index (χ0v) is 37.6. The van der Waals surface area contributed by atoms with Gasteiger partial charge in [0.1, 0.15) is 23.1 Å². The van der Waals surface area contributed by atoms with Gasteiger partial charge < -0.3 is 29.7 Å². The number of amides is 1. The van der Waals surface area contributed by atoms with Gasteiger partial charge in [-0.3, -0.25) is 19.3 Å². The van der Waals surface area contributed by atoms with Gasteiger partial charge >= 0.3 is 23.9 Å². The Morgan fingerprint density at radius 1 is 0.900 bits per heavy atom. The van der Waals surface area contributed by atoms with Gasteiger partial charge in [-0.2, -0.15) is 0 Å². The van der Waals surface area contributed by atoms with Crippen molar-refractivity contribution >= 4 is 29.8 Å². The SMILES string of the molecule is CC(C)=CCC/C(C)=C/CC/C(C)=C/CC[C@]1(C)CCc2c(CN3CCC[C@@H]3C(=O)N[C@H](CC(=O)O)C(=O)O)c(OC(=O)[C@@]34CC[C@@](C)(C(=O)O3)C4(C)C)c(C)c(C)c2O1. The largest absolute Gasteiger partial charge is 0.487 e. The molecule has 0 unspecified atom stereocenters. The third kappa shape index (κ3) is 9.38. The Morgan fingerprint density at radius 2 is 1.55 bits per heavy atom. The number of esters is 2. The molecule has 1 aromatic carbocycles. The molecule has 12 heteroatoms. The van der Waals surface area contributed by atoms with E-state index in [1.165, 1.54) is 16.7 Å². The van der Waals surface area contributed by atoms with Crippen molar-refractivity contribution in [3.05, 3.63) is 57.2 Å². The molecule has 1 saturated carbocycles. The van der Waals surface area contributed by atoms with Gasteiger partial charge in [0.25, 0.3) is 0 Å². The minimum absolute atomic E-state index is 0.194. The lowest BCUT2D eigenvalue weighted by molar-refractivity contribution is -0.176. The number of nitrogens with zero attached hydrogens (tertiary/aromatic N) is 1. The number of ether oxygens (including phenoxy) is 3. The van der Waals surface area contributed by atoms with Crippen LogP contribution >= 0.6 is 0 Å². The van der Waals surface area contributed by atoms with Crippen molar-refractivity contribution in [1.82, 2.24) is 10.2 Å². The number of allylic oxidation sites excluding steroid dienone is 6. The fraction of sp³-hybridized carbons (Fsp3) is 0.646. The standard InChI is InChI=1S/C48H68N2O10/c1-29(2)15-11-16-30(3)17-12-18-31(4)19-13-22-46(9)23-21-34-35(28-50-26-14-20-37(50)41(53)49-36(42(54)55)27-38(51)52)39(32(5)33(6)40(34)59-46)58-44(57)48-25-24-47(10,43(56)60-48)45(48,7)8/h15,17,19,36-37H,11-14,16,18,20-28H2,1-10H3,(H,49,53)(H,51,52)(H,54,55)/b30-17+,31-19+/t36-,37-,46-,47+,48-/m1/s1. The molecule has 0 aromatic heterocycles. The zero-order valence-electron chi connectivity index (χ0n) is 37.6. The Balaban J connectivity index is 1.41. The number of likely N-dealkylation sites (tertiary alicyclic amines) is 1. The fourth-order valence-corrected chi connectivity index (χ4v) is 9.64. The second kappa shape index (κ2) is 18.3. The number of carbonyl (C=O) groups is 5. The van der Waals surface area contributed by atoms with Crippen LogP contribution in [0.3, 0.4) is 0 Å². The van der Waals surface area contributed by atoms with Gasteiger partial charge in [0.15, 0.2) is 0 Å². The molecule has 4 aliphatic rings. The van der Waals surface area contributed by atoms with Gasteiger partial charge in [0.05, 0.1) is 17.9 Å². The number of rotatable bonds is 18. The van der Waals surface area contributed by atoms with Crippen LogP contribution in [0, 0.1) is 24.7 Å². The van der Waals surface area contributed by atoms with Crippen molar-refractivity contribution in [2.24, 2.45) is 10.8 Å².